The SMILES string of the molecule is CN(C)C(=O)Oc1ccc(C[C@H](Nc2cnc(C3CCCCC3)[nH]2)C(=O)OC(C)(C)C)cc1. The molecule has 1 aromatic heterocycles. The second-order valence-corrected chi connectivity index (χ2v) is 9.86. The highest BCUT2D eigenvalue weighted by molar-refractivity contribution is 5.79. The molecule has 1 fully saturated rings. The molecule has 33 heavy (non-hydrogen) atoms. The fourth-order valence-corrected chi connectivity index (χ4v) is 3.87. The number of H-pyrrole nitrogens is 1. The van der Waals surface area contributed by atoms with Crippen molar-refractivity contribution in [2.24, 2.45) is 0 Å². The summed E-state index contributed by atoms with van der Waals surface area (Å²) in [6.45, 7) is 5.56. The van der Waals surface area contributed by atoms with E-state index >= 15 is 0 Å². The lowest BCUT2D eigenvalue weighted by Gasteiger charge is -2.25. The van der Waals surface area contributed by atoms with E-state index in [0.717, 1.165) is 24.2 Å². The van der Waals surface area contributed by atoms with Gasteiger partial charge < -0.3 is 24.7 Å². The van der Waals surface area contributed by atoms with Gasteiger partial charge >= 0.3 is 12.1 Å². The minimum Gasteiger partial charge on any atom is -0.458 e. The largest absolute Gasteiger partial charge is 0.458 e. The third kappa shape index (κ3) is 7.51. The van der Waals surface area contributed by atoms with E-state index in [9.17, 15) is 9.59 Å². The highest BCUT2D eigenvalue weighted by atomic mass is 16.6. The number of aromatic nitrogens is 2. The van der Waals surface area contributed by atoms with Crippen LogP contribution in [0.1, 0.15) is 70.2 Å². The number of carbonyl (C=O) groups excluding carboxylic acids is 2. The molecule has 1 aliphatic carbocycles. The topological polar surface area (TPSA) is 96.5 Å². The second-order valence-electron chi connectivity index (χ2n) is 9.86. The van der Waals surface area contributed by atoms with E-state index in [0.29, 0.717) is 23.9 Å². The summed E-state index contributed by atoms with van der Waals surface area (Å²) in [5.74, 6) is 2.26. The van der Waals surface area contributed by atoms with Crippen molar-refractivity contribution < 1.29 is 19.1 Å². The van der Waals surface area contributed by atoms with Gasteiger partial charge in [-0.2, -0.15) is 0 Å². The lowest BCUT2D eigenvalue weighted by Crippen LogP contribution is -2.38. The molecule has 0 radical (unpaired) electrons. The molecule has 2 aromatic rings. The summed E-state index contributed by atoms with van der Waals surface area (Å²) in [6, 6.07) is 6.54. The molecule has 3 rings (SSSR count). The number of aromatic amines is 1. The van der Waals surface area contributed by atoms with Crippen LogP contribution in [-0.2, 0) is 16.0 Å². The van der Waals surface area contributed by atoms with E-state index in [2.05, 4.69) is 15.3 Å². The zero-order valence-electron chi connectivity index (χ0n) is 20.3. The Morgan fingerprint density at radius 1 is 1.15 bits per heavy atom. The van der Waals surface area contributed by atoms with Gasteiger partial charge in [0.2, 0.25) is 0 Å². The van der Waals surface area contributed by atoms with Crippen LogP contribution in [0.4, 0.5) is 10.6 Å². The summed E-state index contributed by atoms with van der Waals surface area (Å²) in [7, 11) is 3.26. The lowest BCUT2D eigenvalue weighted by molar-refractivity contribution is -0.155. The number of rotatable bonds is 7. The van der Waals surface area contributed by atoms with Crippen molar-refractivity contribution >= 4 is 17.9 Å². The van der Waals surface area contributed by atoms with Gasteiger partial charge in [0, 0.05) is 26.4 Å². The maximum absolute atomic E-state index is 13.0. The molecule has 180 valence electrons. The molecule has 0 bridgehead atoms. The number of nitrogens with one attached hydrogen (secondary N) is 2. The Labute approximate surface area is 196 Å². The van der Waals surface area contributed by atoms with Gasteiger partial charge in [-0.3, -0.25) is 0 Å². The zero-order valence-corrected chi connectivity index (χ0v) is 20.3. The molecule has 0 saturated heterocycles. The molecule has 1 aromatic carbocycles. The molecule has 1 atom stereocenters. The van der Waals surface area contributed by atoms with Gasteiger partial charge in [0.25, 0.3) is 0 Å². The van der Waals surface area contributed by atoms with E-state index in [-0.39, 0.29) is 5.97 Å². The molecule has 8 nitrogen and oxygen atoms in total. The zero-order chi connectivity index (χ0) is 24.0. The minimum absolute atomic E-state index is 0.334. The highest BCUT2D eigenvalue weighted by Crippen LogP contribution is 2.31. The average Bonchev–Trinajstić information content (AvgIpc) is 3.22. The normalized spacial score (nSPS) is 15.5. The van der Waals surface area contributed by atoms with Crippen molar-refractivity contribution in [1.82, 2.24) is 14.9 Å². The number of benzene rings is 1. The van der Waals surface area contributed by atoms with Crippen LogP contribution in [0.2, 0.25) is 0 Å². The van der Waals surface area contributed by atoms with Gasteiger partial charge in [0.1, 0.15) is 29.0 Å². The molecule has 1 heterocycles. The molecule has 0 spiro atoms. The van der Waals surface area contributed by atoms with Crippen molar-refractivity contribution in [2.45, 2.75) is 76.9 Å². The molecular weight excluding hydrogens is 420 g/mol. The molecule has 1 aliphatic rings. The van der Waals surface area contributed by atoms with Crippen LogP contribution in [-0.4, -0.2) is 52.7 Å². The molecule has 1 amide bonds. The number of hydrogen-bond donors (Lipinski definition) is 2. The molecular formula is C25H36N4O4. The van der Waals surface area contributed by atoms with Gasteiger partial charge in [0.15, 0.2) is 0 Å². The van der Waals surface area contributed by atoms with Crippen LogP contribution in [0.3, 0.4) is 0 Å². The third-order valence-electron chi connectivity index (χ3n) is 5.54. The van der Waals surface area contributed by atoms with Gasteiger partial charge in [0.05, 0.1) is 6.20 Å². The summed E-state index contributed by atoms with van der Waals surface area (Å²) in [4.78, 5) is 34.0. The molecule has 8 heteroatoms. The highest BCUT2D eigenvalue weighted by Gasteiger charge is 2.27. The predicted molar refractivity (Wildman–Crippen MR) is 128 cm³/mol. The van der Waals surface area contributed by atoms with Crippen molar-refractivity contribution in [3.8, 4) is 5.75 Å². The van der Waals surface area contributed by atoms with Crippen LogP contribution in [0.15, 0.2) is 30.5 Å². The first-order valence-electron chi connectivity index (χ1n) is 11.6. The molecule has 2 N–H and O–H groups in total. The van der Waals surface area contributed by atoms with Crippen LogP contribution in [0, 0.1) is 0 Å². The monoisotopic (exact) mass is 456 g/mol. The maximum Gasteiger partial charge on any atom is 0.414 e. The Bertz CT molecular complexity index is 925. The quantitative estimate of drug-likeness (QED) is 0.576. The van der Waals surface area contributed by atoms with Crippen molar-refractivity contribution in [3.63, 3.8) is 0 Å². The number of nitrogens with zero attached hydrogens (tertiary/aromatic N) is 2. The van der Waals surface area contributed by atoms with Gasteiger partial charge in [-0.05, 0) is 51.3 Å². The Morgan fingerprint density at radius 3 is 2.42 bits per heavy atom. The van der Waals surface area contributed by atoms with E-state index in [1.807, 2.05) is 32.9 Å². The fraction of sp³-hybridized carbons (Fsp3) is 0.560. The van der Waals surface area contributed by atoms with E-state index in [1.165, 1.54) is 24.2 Å². The number of amides is 1. The van der Waals surface area contributed by atoms with Crippen molar-refractivity contribution in [1.29, 1.82) is 0 Å². The second kappa shape index (κ2) is 10.7. The Kier molecular flexibility index (Phi) is 8.00. The fourth-order valence-electron chi connectivity index (χ4n) is 3.87. The molecule has 1 saturated carbocycles. The molecule has 0 aliphatic heterocycles. The van der Waals surface area contributed by atoms with Crippen molar-refractivity contribution in [3.05, 3.63) is 41.9 Å². The number of anilines is 1. The summed E-state index contributed by atoms with van der Waals surface area (Å²) >= 11 is 0. The Balaban J connectivity index is 1.71. The average molecular weight is 457 g/mol. The van der Waals surface area contributed by atoms with Crippen LogP contribution < -0.4 is 10.1 Å². The van der Waals surface area contributed by atoms with Crippen LogP contribution >= 0.6 is 0 Å². The van der Waals surface area contributed by atoms with Crippen LogP contribution in [0.5, 0.6) is 5.75 Å². The number of hydrogen-bond acceptors (Lipinski definition) is 6. The predicted octanol–water partition coefficient (Wildman–Crippen LogP) is 4.88. The molecule has 0 unspecified atom stereocenters. The summed E-state index contributed by atoms with van der Waals surface area (Å²) < 4.78 is 10.9. The Morgan fingerprint density at radius 2 is 1.82 bits per heavy atom. The van der Waals surface area contributed by atoms with E-state index in [1.54, 1.807) is 32.4 Å². The standard InChI is InChI=1S/C25H36N4O4/c1-25(2,3)33-23(30)20(15-17-11-13-19(14-12-17)32-24(31)29(4)5)27-21-16-26-22(28-21)18-9-7-6-8-10-18/h11-14,16,18,20,27H,6-10,15H2,1-5H3,(H,26,28)/t20-/m0/s1. The first-order chi connectivity index (χ1) is 15.6. The number of imidazole rings is 1. The maximum atomic E-state index is 13.0. The summed E-state index contributed by atoms with van der Waals surface area (Å²) in [5.41, 5.74) is 0.317. The summed E-state index contributed by atoms with van der Waals surface area (Å²) in [6.07, 6.45) is 7.77. The first-order valence-corrected chi connectivity index (χ1v) is 11.6. The first kappa shape index (κ1) is 24.6. The number of carbonyl (C=O) groups is 2. The number of ether oxygens (including phenoxy) is 2. The van der Waals surface area contributed by atoms with Crippen LogP contribution in [0.25, 0.3) is 0 Å². The van der Waals surface area contributed by atoms with Gasteiger partial charge in [-0.15, -0.1) is 0 Å². The van der Waals surface area contributed by atoms with Gasteiger partial charge in [-0.25, -0.2) is 14.6 Å². The van der Waals surface area contributed by atoms with E-state index < -0.39 is 17.7 Å². The smallest absolute Gasteiger partial charge is 0.414 e. The summed E-state index contributed by atoms with van der Waals surface area (Å²) in [5, 5.41) is 3.29. The van der Waals surface area contributed by atoms with E-state index in [4.69, 9.17) is 9.47 Å². The van der Waals surface area contributed by atoms with Gasteiger partial charge in [-0.1, -0.05) is 31.4 Å². The lowest BCUT2D eigenvalue weighted by atomic mass is 9.89. The third-order valence-corrected chi connectivity index (χ3v) is 5.54. The minimum atomic E-state index is -0.598. The number of esters is 1. The van der Waals surface area contributed by atoms with Crippen molar-refractivity contribution in [2.75, 3.05) is 19.4 Å². The Hall–Kier alpha value is -3.03.